The van der Waals surface area contributed by atoms with E-state index in [0.717, 1.165) is 25.7 Å². The molecule has 0 aliphatic heterocycles. The number of aliphatic carboxylic acids is 1. The third-order valence-electron chi connectivity index (χ3n) is 5.11. The molecule has 1 saturated carbocycles. The topological polar surface area (TPSA) is 101 Å². The molecule has 1 aromatic heterocycles. The van der Waals surface area contributed by atoms with E-state index >= 15 is 0 Å². The molecule has 8 nitrogen and oxygen atoms in total. The number of para-hydroxylation sites is 1. The SMILES string of the molecule is CCN(C(=O)C(Cc1nnnn1C1CCCCC1)C(=O)O)c1ccccc1. The summed E-state index contributed by atoms with van der Waals surface area (Å²) in [6.45, 7) is 2.22. The van der Waals surface area contributed by atoms with Crippen LogP contribution in [0.2, 0.25) is 0 Å². The Labute approximate surface area is 158 Å². The third-order valence-corrected chi connectivity index (χ3v) is 5.11. The number of hydrogen-bond donors (Lipinski definition) is 1. The second-order valence-corrected chi connectivity index (χ2v) is 6.84. The van der Waals surface area contributed by atoms with E-state index in [1.165, 1.54) is 11.3 Å². The number of carboxylic acids is 1. The van der Waals surface area contributed by atoms with Crippen molar-refractivity contribution in [2.75, 3.05) is 11.4 Å². The van der Waals surface area contributed by atoms with Crippen molar-refractivity contribution >= 4 is 17.6 Å². The van der Waals surface area contributed by atoms with Crippen LogP contribution in [0.1, 0.15) is 50.9 Å². The molecule has 1 unspecified atom stereocenters. The van der Waals surface area contributed by atoms with Crippen molar-refractivity contribution in [2.45, 2.75) is 51.5 Å². The maximum Gasteiger partial charge on any atom is 0.316 e. The molecule has 144 valence electrons. The lowest BCUT2D eigenvalue weighted by Gasteiger charge is -2.25. The summed E-state index contributed by atoms with van der Waals surface area (Å²) in [6.07, 6.45) is 5.38. The molecule has 2 aromatic rings. The number of carbonyl (C=O) groups excluding carboxylic acids is 1. The zero-order valence-electron chi connectivity index (χ0n) is 15.5. The lowest BCUT2D eigenvalue weighted by Crippen LogP contribution is -2.41. The molecule has 8 heteroatoms. The number of aromatic nitrogens is 4. The first-order chi connectivity index (χ1) is 13.1. The Morgan fingerprint density at radius 3 is 2.56 bits per heavy atom. The van der Waals surface area contributed by atoms with Crippen molar-refractivity contribution in [3.05, 3.63) is 36.2 Å². The van der Waals surface area contributed by atoms with Crippen LogP contribution in [0, 0.1) is 5.92 Å². The fourth-order valence-electron chi connectivity index (χ4n) is 3.68. The van der Waals surface area contributed by atoms with Gasteiger partial charge in [-0.25, -0.2) is 4.68 Å². The number of hydrogen-bond acceptors (Lipinski definition) is 5. The maximum absolute atomic E-state index is 13.0. The first-order valence-electron chi connectivity index (χ1n) is 9.47. The summed E-state index contributed by atoms with van der Waals surface area (Å²) in [6, 6.07) is 9.29. The molecule has 0 bridgehead atoms. The molecule has 0 saturated heterocycles. The number of anilines is 1. The van der Waals surface area contributed by atoms with Gasteiger partial charge in [0.05, 0.1) is 6.04 Å². The van der Waals surface area contributed by atoms with Gasteiger partial charge in [-0.15, -0.1) is 5.10 Å². The Morgan fingerprint density at radius 2 is 1.93 bits per heavy atom. The van der Waals surface area contributed by atoms with Crippen molar-refractivity contribution in [1.82, 2.24) is 20.2 Å². The first kappa shape index (κ1) is 19.0. The average molecular weight is 371 g/mol. The Bertz CT molecular complexity index is 771. The number of benzene rings is 1. The summed E-state index contributed by atoms with van der Waals surface area (Å²) in [7, 11) is 0. The van der Waals surface area contributed by atoms with Gasteiger partial charge >= 0.3 is 5.97 Å². The molecule has 1 aliphatic rings. The molecule has 1 aliphatic carbocycles. The summed E-state index contributed by atoms with van der Waals surface area (Å²) in [5.41, 5.74) is 0.683. The molecule has 0 spiro atoms. The highest BCUT2D eigenvalue weighted by atomic mass is 16.4. The molecular formula is C19H25N5O3. The smallest absolute Gasteiger partial charge is 0.316 e. The minimum Gasteiger partial charge on any atom is -0.481 e. The number of carbonyl (C=O) groups is 2. The highest BCUT2D eigenvalue weighted by molar-refractivity contribution is 6.05. The quantitative estimate of drug-likeness (QED) is 0.750. The van der Waals surface area contributed by atoms with Crippen LogP contribution in [-0.4, -0.2) is 43.7 Å². The van der Waals surface area contributed by atoms with Crippen molar-refractivity contribution < 1.29 is 14.7 Å². The lowest BCUT2D eigenvalue weighted by atomic mass is 9.95. The Balaban J connectivity index is 1.81. The van der Waals surface area contributed by atoms with Gasteiger partial charge in [-0.1, -0.05) is 37.5 Å². The summed E-state index contributed by atoms with van der Waals surface area (Å²) in [5.74, 6) is -2.37. The van der Waals surface area contributed by atoms with Crippen LogP contribution in [0.4, 0.5) is 5.69 Å². The second kappa shape index (κ2) is 8.75. The molecule has 1 N–H and O–H groups in total. The zero-order valence-corrected chi connectivity index (χ0v) is 15.5. The summed E-state index contributed by atoms with van der Waals surface area (Å²) in [4.78, 5) is 26.4. The van der Waals surface area contributed by atoms with Crippen molar-refractivity contribution in [3.63, 3.8) is 0 Å². The van der Waals surface area contributed by atoms with Crippen LogP contribution in [0.3, 0.4) is 0 Å². The van der Waals surface area contributed by atoms with Gasteiger partial charge < -0.3 is 10.0 Å². The monoisotopic (exact) mass is 371 g/mol. The maximum atomic E-state index is 13.0. The normalized spacial score (nSPS) is 16.0. The van der Waals surface area contributed by atoms with Crippen LogP contribution in [0.15, 0.2) is 30.3 Å². The lowest BCUT2D eigenvalue weighted by molar-refractivity contribution is -0.146. The Kier molecular flexibility index (Phi) is 6.16. The highest BCUT2D eigenvalue weighted by Crippen LogP contribution is 2.28. The fourth-order valence-corrected chi connectivity index (χ4v) is 3.68. The average Bonchev–Trinajstić information content (AvgIpc) is 3.16. The number of tetrazole rings is 1. The predicted octanol–water partition coefficient (Wildman–Crippen LogP) is 2.47. The molecule has 1 fully saturated rings. The minimum absolute atomic E-state index is 0.0129. The molecule has 1 amide bonds. The summed E-state index contributed by atoms with van der Waals surface area (Å²) < 4.78 is 1.72. The molecule has 3 rings (SSSR count). The van der Waals surface area contributed by atoms with E-state index in [0.29, 0.717) is 18.1 Å². The van der Waals surface area contributed by atoms with E-state index in [9.17, 15) is 14.7 Å². The molecular weight excluding hydrogens is 346 g/mol. The van der Waals surface area contributed by atoms with E-state index in [4.69, 9.17) is 0 Å². The molecule has 0 radical (unpaired) electrons. The number of amides is 1. The van der Waals surface area contributed by atoms with E-state index < -0.39 is 17.8 Å². The molecule has 1 atom stereocenters. The first-order valence-corrected chi connectivity index (χ1v) is 9.47. The van der Waals surface area contributed by atoms with Gasteiger partial charge in [-0.3, -0.25) is 9.59 Å². The van der Waals surface area contributed by atoms with Gasteiger partial charge in [-0.2, -0.15) is 0 Å². The third kappa shape index (κ3) is 4.32. The number of nitrogens with zero attached hydrogens (tertiary/aromatic N) is 5. The van der Waals surface area contributed by atoms with Gasteiger partial charge in [0.25, 0.3) is 0 Å². The number of rotatable bonds is 7. The van der Waals surface area contributed by atoms with Crippen LogP contribution in [-0.2, 0) is 16.0 Å². The van der Waals surface area contributed by atoms with Gasteiger partial charge in [0.2, 0.25) is 5.91 Å². The zero-order chi connectivity index (χ0) is 19.2. The largest absolute Gasteiger partial charge is 0.481 e. The van der Waals surface area contributed by atoms with E-state index in [1.54, 1.807) is 16.8 Å². The van der Waals surface area contributed by atoms with Crippen LogP contribution in [0.5, 0.6) is 0 Å². The van der Waals surface area contributed by atoms with Gasteiger partial charge in [-0.05, 0) is 42.3 Å². The van der Waals surface area contributed by atoms with Crippen LogP contribution < -0.4 is 4.90 Å². The Morgan fingerprint density at radius 1 is 1.22 bits per heavy atom. The minimum atomic E-state index is -1.22. The summed E-state index contributed by atoms with van der Waals surface area (Å²) in [5, 5.41) is 21.5. The van der Waals surface area contributed by atoms with E-state index in [-0.39, 0.29) is 12.5 Å². The Hall–Kier alpha value is -2.77. The molecule has 1 heterocycles. The van der Waals surface area contributed by atoms with E-state index in [2.05, 4.69) is 15.5 Å². The van der Waals surface area contributed by atoms with Gasteiger partial charge in [0.1, 0.15) is 5.92 Å². The highest BCUT2D eigenvalue weighted by Gasteiger charge is 2.33. The molecule has 1 aromatic carbocycles. The fraction of sp³-hybridized carbons (Fsp3) is 0.526. The molecule has 27 heavy (non-hydrogen) atoms. The van der Waals surface area contributed by atoms with Crippen LogP contribution in [0.25, 0.3) is 0 Å². The van der Waals surface area contributed by atoms with Crippen molar-refractivity contribution in [1.29, 1.82) is 0 Å². The van der Waals surface area contributed by atoms with Crippen molar-refractivity contribution in [3.8, 4) is 0 Å². The summed E-state index contributed by atoms with van der Waals surface area (Å²) >= 11 is 0. The number of carboxylic acid groups (broad SMARTS) is 1. The second-order valence-electron chi connectivity index (χ2n) is 6.84. The predicted molar refractivity (Wildman–Crippen MR) is 99.2 cm³/mol. The van der Waals surface area contributed by atoms with Gasteiger partial charge in [0.15, 0.2) is 5.82 Å². The van der Waals surface area contributed by atoms with E-state index in [1.807, 2.05) is 25.1 Å². The van der Waals surface area contributed by atoms with Gasteiger partial charge in [0, 0.05) is 18.7 Å². The standard InChI is InChI=1S/C19H25N5O3/c1-2-23(14-9-5-3-6-10-14)18(25)16(19(26)27)13-17-20-21-22-24(17)15-11-7-4-8-12-15/h3,5-6,9-10,15-16H,2,4,7-8,11-13H2,1H3,(H,26,27). The van der Waals surface area contributed by atoms with Crippen molar-refractivity contribution in [2.24, 2.45) is 5.92 Å². The van der Waals surface area contributed by atoms with Crippen LogP contribution >= 0.6 is 0 Å².